The Morgan fingerprint density at radius 1 is 1.22 bits per heavy atom. The molecule has 3 aromatic rings. The maximum absolute atomic E-state index is 12.6. The molecular formula is C16H19N5OS. The van der Waals surface area contributed by atoms with Crippen molar-refractivity contribution in [2.75, 3.05) is 0 Å². The second kappa shape index (κ2) is 6.00. The van der Waals surface area contributed by atoms with Crippen LogP contribution in [0.2, 0.25) is 0 Å². The van der Waals surface area contributed by atoms with E-state index >= 15 is 0 Å². The van der Waals surface area contributed by atoms with Gasteiger partial charge in [0.15, 0.2) is 0 Å². The van der Waals surface area contributed by atoms with Crippen molar-refractivity contribution in [2.45, 2.75) is 27.3 Å². The highest BCUT2D eigenvalue weighted by Crippen LogP contribution is 2.20. The molecule has 3 rings (SSSR count). The van der Waals surface area contributed by atoms with Crippen molar-refractivity contribution < 1.29 is 4.79 Å². The van der Waals surface area contributed by atoms with E-state index in [0.717, 1.165) is 27.1 Å². The molecule has 0 saturated carbocycles. The van der Waals surface area contributed by atoms with Crippen molar-refractivity contribution in [1.29, 1.82) is 0 Å². The third-order valence-corrected chi connectivity index (χ3v) is 4.64. The molecule has 0 fully saturated rings. The van der Waals surface area contributed by atoms with Crippen LogP contribution in [0.15, 0.2) is 24.5 Å². The smallest absolute Gasteiger partial charge is 0.256 e. The van der Waals surface area contributed by atoms with Gasteiger partial charge in [-0.3, -0.25) is 9.48 Å². The van der Waals surface area contributed by atoms with Gasteiger partial charge in [-0.25, -0.2) is 4.98 Å². The SMILES string of the molecule is Cc1ncc(CNC(=O)c2cnn(C)c2-n2c(C)ccc2C)s1. The minimum atomic E-state index is -0.133. The molecule has 0 aliphatic rings. The fraction of sp³-hybridized carbons (Fsp3) is 0.312. The molecule has 3 heterocycles. The van der Waals surface area contributed by atoms with E-state index in [2.05, 4.69) is 15.4 Å². The summed E-state index contributed by atoms with van der Waals surface area (Å²) in [5, 5.41) is 8.20. The summed E-state index contributed by atoms with van der Waals surface area (Å²) in [6, 6.07) is 4.06. The van der Waals surface area contributed by atoms with Gasteiger partial charge in [0, 0.05) is 29.5 Å². The summed E-state index contributed by atoms with van der Waals surface area (Å²) < 4.78 is 3.77. The van der Waals surface area contributed by atoms with E-state index < -0.39 is 0 Å². The molecule has 23 heavy (non-hydrogen) atoms. The van der Waals surface area contributed by atoms with Crippen LogP contribution >= 0.6 is 11.3 Å². The molecule has 0 aliphatic carbocycles. The first-order valence-corrected chi connectivity index (χ1v) is 8.16. The molecular weight excluding hydrogens is 310 g/mol. The molecule has 0 spiro atoms. The van der Waals surface area contributed by atoms with Gasteiger partial charge in [0.25, 0.3) is 5.91 Å². The van der Waals surface area contributed by atoms with Gasteiger partial charge in [-0.15, -0.1) is 11.3 Å². The minimum absolute atomic E-state index is 0.133. The first-order chi connectivity index (χ1) is 11.0. The number of hydrogen-bond donors (Lipinski definition) is 1. The Bertz CT molecular complexity index is 838. The lowest BCUT2D eigenvalue weighted by molar-refractivity contribution is 0.0951. The van der Waals surface area contributed by atoms with Crippen molar-refractivity contribution >= 4 is 17.2 Å². The molecule has 0 atom stereocenters. The Labute approximate surface area is 138 Å². The average molecular weight is 329 g/mol. The second-order valence-corrected chi connectivity index (χ2v) is 6.80. The Kier molecular flexibility index (Phi) is 4.04. The summed E-state index contributed by atoms with van der Waals surface area (Å²) in [7, 11) is 1.84. The van der Waals surface area contributed by atoms with Crippen LogP contribution in [0.25, 0.3) is 5.82 Å². The van der Waals surface area contributed by atoms with Gasteiger partial charge in [-0.05, 0) is 32.9 Å². The summed E-state index contributed by atoms with van der Waals surface area (Å²) in [6.07, 6.45) is 3.41. The Balaban J connectivity index is 1.87. The van der Waals surface area contributed by atoms with E-state index in [-0.39, 0.29) is 5.91 Å². The molecule has 1 amide bonds. The third-order valence-electron chi connectivity index (χ3n) is 3.73. The van der Waals surface area contributed by atoms with E-state index in [4.69, 9.17) is 0 Å². The fourth-order valence-corrected chi connectivity index (χ4v) is 3.34. The molecule has 0 saturated heterocycles. The van der Waals surface area contributed by atoms with Crippen LogP contribution in [0.5, 0.6) is 0 Å². The molecule has 120 valence electrons. The summed E-state index contributed by atoms with van der Waals surface area (Å²) in [6.45, 7) is 6.46. The van der Waals surface area contributed by atoms with Crippen LogP contribution in [-0.4, -0.2) is 25.2 Å². The highest BCUT2D eigenvalue weighted by molar-refractivity contribution is 7.11. The van der Waals surface area contributed by atoms with Crippen LogP contribution in [0.3, 0.4) is 0 Å². The fourth-order valence-electron chi connectivity index (χ4n) is 2.61. The first-order valence-electron chi connectivity index (χ1n) is 7.34. The lowest BCUT2D eigenvalue weighted by Gasteiger charge is -2.12. The van der Waals surface area contributed by atoms with Gasteiger partial charge in [-0.2, -0.15) is 5.10 Å². The average Bonchev–Trinajstić information content (AvgIpc) is 3.18. The molecule has 0 bridgehead atoms. The standard InChI is InChI=1S/C16H19N5OS/c1-10-5-6-11(2)21(10)16-14(9-19-20(16)4)15(22)18-8-13-7-17-12(3)23-13/h5-7,9H,8H2,1-4H3,(H,18,22). The lowest BCUT2D eigenvalue weighted by Crippen LogP contribution is -2.24. The van der Waals surface area contributed by atoms with Crippen LogP contribution in [0.4, 0.5) is 0 Å². The number of thiazole rings is 1. The zero-order valence-electron chi connectivity index (χ0n) is 13.6. The van der Waals surface area contributed by atoms with Gasteiger partial charge in [0.2, 0.25) is 0 Å². The number of hydrogen-bond acceptors (Lipinski definition) is 4. The third kappa shape index (κ3) is 2.92. The van der Waals surface area contributed by atoms with E-state index in [1.54, 1.807) is 28.4 Å². The highest BCUT2D eigenvalue weighted by atomic mass is 32.1. The topological polar surface area (TPSA) is 64.7 Å². The number of nitrogens with one attached hydrogen (secondary N) is 1. The predicted octanol–water partition coefficient (Wildman–Crippen LogP) is 2.52. The molecule has 7 heteroatoms. The molecule has 0 aromatic carbocycles. The summed E-state index contributed by atoms with van der Waals surface area (Å²) in [5.41, 5.74) is 2.70. The maximum atomic E-state index is 12.6. The van der Waals surface area contributed by atoms with E-state index in [0.29, 0.717) is 12.1 Å². The van der Waals surface area contributed by atoms with Gasteiger partial charge in [0.1, 0.15) is 11.4 Å². The molecule has 3 aromatic heterocycles. The Morgan fingerprint density at radius 2 is 1.91 bits per heavy atom. The van der Waals surface area contributed by atoms with Gasteiger partial charge >= 0.3 is 0 Å². The van der Waals surface area contributed by atoms with Crippen molar-refractivity contribution in [2.24, 2.45) is 7.05 Å². The van der Waals surface area contributed by atoms with Gasteiger partial charge < -0.3 is 9.88 Å². The van der Waals surface area contributed by atoms with Crippen molar-refractivity contribution in [3.05, 3.63) is 51.4 Å². The number of amides is 1. The number of carbonyl (C=O) groups excluding carboxylic acids is 1. The largest absolute Gasteiger partial charge is 0.347 e. The molecule has 0 radical (unpaired) electrons. The molecule has 1 N–H and O–H groups in total. The van der Waals surface area contributed by atoms with E-state index in [9.17, 15) is 4.79 Å². The first kappa shape index (κ1) is 15.5. The monoisotopic (exact) mass is 329 g/mol. The Hall–Kier alpha value is -2.41. The maximum Gasteiger partial charge on any atom is 0.256 e. The van der Waals surface area contributed by atoms with E-state index in [1.807, 2.05) is 44.5 Å². The van der Waals surface area contributed by atoms with Crippen LogP contribution in [-0.2, 0) is 13.6 Å². The number of rotatable bonds is 4. The van der Waals surface area contributed by atoms with E-state index in [1.165, 1.54) is 0 Å². The van der Waals surface area contributed by atoms with Crippen molar-refractivity contribution in [3.8, 4) is 5.82 Å². The van der Waals surface area contributed by atoms with Crippen molar-refractivity contribution in [1.82, 2.24) is 24.6 Å². The number of aryl methyl sites for hydroxylation is 4. The summed E-state index contributed by atoms with van der Waals surface area (Å²) in [4.78, 5) is 17.8. The molecule has 6 nitrogen and oxygen atoms in total. The minimum Gasteiger partial charge on any atom is -0.347 e. The zero-order valence-corrected chi connectivity index (χ0v) is 14.4. The van der Waals surface area contributed by atoms with Crippen LogP contribution in [0.1, 0.15) is 31.6 Å². The second-order valence-electron chi connectivity index (χ2n) is 5.49. The highest BCUT2D eigenvalue weighted by Gasteiger charge is 2.19. The predicted molar refractivity (Wildman–Crippen MR) is 90.0 cm³/mol. The van der Waals surface area contributed by atoms with Crippen molar-refractivity contribution in [3.63, 3.8) is 0 Å². The number of carbonyl (C=O) groups is 1. The van der Waals surface area contributed by atoms with Crippen LogP contribution in [0, 0.1) is 20.8 Å². The molecule has 0 unspecified atom stereocenters. The zero-order chi connectivity index (χ0) is 16.6. The van der Waals surface area contributed by atoms with Crippen LogP contribution < -0.4 is 5.32 Å². The molecule has 0 aliphatic heterocycles. The Morgan fingerprint density at radius 3 is 2.52 bits per heavy atom. The normalized spacial score (nSPS) is 11.0. The summed E-state index contributed by atoms with van der Waals surface area (Å²) >= 11 is 1.59. The van der Waals surface area contributed by atoms with Gasteiger partial charge in [-0.1, -0.05) is 0 Å². The number of nitrogens with zero attached hydrogens (tertiary/aromatic N) is 4. The van der Waals surface area contributed by atoms with Gasteiger partial charge in [0.05, 0.1) is 17.7 Å². The lowest BCUT2D eigenvalue weighted by atomic mass is 10.3. The quantitative estimate of drug-likeness (QED) is 0.800. The summed E-state index contributed by atoms with van der Waals surface area (Å²) in [5.74, 6) is 0.648. The number of aromatic nitrogens is 4.